The van der Waals surface area contributed by atoms with Gasteiger partial charge in [-0.3, -0.25) is 9.69 Å². The summed E-state index contributed by atoms with van der Waals surface area (Å²) < 4.78 is 5.67. The van der Waals surface area contributed by atoms with Crippen LogP contribution in [-0.4, -0.2) is 35.4 Å². The van der Waals surface area contributed by atoms with Gasteiger partial charge in [0.25, 0.3) is 5.91 Å². The Morgan fingerprint density at radius 1 is 1.18 bits per heavy atom. The van der Waals surface area contributed by atoms with Crippen molar-refractivity contribution in [3.05, 3.63) is 65.1 Å². The number of thiazole rings is 1. The van der Waals surface area contributed by atoms with E-state index in [-0.39, 0.29) is 11.9 Å². The second kappa shape index (κ2) is 8.71. The van der Waals surface area contributed by atoms with E-state index in [1.54, 1.807) is 6.26 Å². The number of hydrogen-bond donors (Lipinski definition) is 1. The van der Waals surface area contributed by atoms with Crippen molar-refractivity contribution in [3.63, 3.8) is 0 Å². The van der Waals surface area contributed by atoms with Gasteiger partial charge in [-0.25, -0.2) is 4.98 Å². The van der Waals surface area contributed by atoms with Crippen LogP contribution in [0, 0.1) is 6.92 Å². The maximum absolute atomic E-state index is 12.9. The first kappa shape index (κ1) is 18.9. The summed E-state index contributed by atoms with van der Waals surface area (Å²) in [5, 5.41) is 4.00. The Morgan fingerprint density at radius 3 is 2.68 bits per heavy atom. The molecule has 1 atom stereocenters. The minimum absolute atomic E-state index is 0.0641. The predicted octanol–water partition coefficient (Wildman–Crippen LogP) is 4.67. The molecule has 6 heteroatoms. The van der Waals surface area contributed by atoms with Crippen LogP contribution in [0.4, 0.5) is 0 Å². The minimum Gasteiger partial charge on any atom is -0.468 e. The molecule has 2 aromatic heterocycles. The number of rotatable bonds is 6. The number of likely N-dealkylation sites (tertiary alicyclic amines) is 1. The summed E-state index contributed by atoms with van der Waals surface area (Å²) in [6, 6.07) is 14.0. The molecule has 1 saturated heterocycles. The van der Waals surface area contributed by atoms with E-state index in [4.69, 9.17) is 4.42 Å². The zero-order valence-corrected chi connectivity index (χ0v) is 16.9. The molecule has 1 aromatic carbocycles. The van der Waals surface area contributed by atoms with Gasteiger partial charge in [0, 0.05) is 12.1 Å². The van der Waals surface area contributed by atoms with Crippen LogP contribution in [0.15, 0.2) is 53.1 Å². The van der Waals surface area contributed by atoms with E-state index >= 15 is 0 Å². The molecule has 0 bridgehead atoms. The third-order valence-electron chi connectivity index (χ3n) is 5.18. The number of aromatic nitrogens is 1. The van der Waals surface area contributed by atoms with E-state index < -0.39 is 0 Å². The van der Waals surface area contributed by atoms with Crippen molar-refractivity contribution in [2.45, 2.75) is 32.2 Å². The van der Waals surface area contributed by atoms with E-state index in [9.17, 15) is 4.79 Å². The quantitative estimate of drug-likeness (QED) is 0.659. The monoisotopic (exact) mass is 395 g/mol. The Bertz CT molecular complexity index is 899. The highest BCUT2D eigenvalue weighted by Crippen LogP contribution is 2.28. The smallest absolute Gasteiger partial charge is 0.263 e. The van der Waals surface area contributed by atoms with Gasteiger partial charge in [0.2, 0.25) is 0 Å². The molecule has 0 saturated carbocycles. The van der Waals surface area contributed by atoms with Gasteiger partial charge in [-0.05, 0) is 45.0 Å². The van der Waals surface area contributed by atoms with Gasteiger partial charge in [-0.15, -0.1) is 11.3 Å². The lowest BCUT2D eigenvalue weighted by atomic mass is 10.1. The molecule has 146 valence electrons. The highest BCUT2D eigenvalue weighted by molar-refractivity contribution is 7.17. The second-order valence-corrected chi connectivity index (χ2v) is 8.14. The number of piperidine rings is 1. The number of nitrogens with zero attached hydrogens (tertiary/aromatic N) is 2. The molecule has 3 heterocycles. The molecule has 1 aliphatic rings. The molecule has 3 aromatic rings. The molecule has 1 fully saturated rings. The van der Waals surface area contributed by atoms with Crippen LogP contribution in [0.5, 0.6) is 0 Å². The molecular weight excluding hydrogens is 370 g/mol. The molecule has 1 aliphatic heterocycles. The van der Waals surface area contributed by atoms with E-state index in [0.29, 0.717) is 11.4 Å². The van der Waals surface area contributed by atoms with Gasteiger partial charge in [0.1, 0.15) is 15.6 Å². The second-order valence-electron chi connectivity index (χ2n) is 7.14. The van der Waals surface area contributed by atoms with Gasteiger partial charge in [0.05, 0.1) is 18.0 Å². The normalized spacial score (nSPS) is 16.0. The van der Waals surface area contributed by atoms with Crippen molar-refractivity contribution in [2.24, 2.45) is 0 Å². The van der Waals surface area contributed by atoms with E-state index in [1.807, 2.05) is 49.4 Å². The van der Waals surface area contributed by atoms with Crippen LogP contribution in [0.3, 0.4) is 0 Å². The minimum atomic E-state index is -0.0641. The fraction of sp³-hybridized carbons (Fsp3) is 0.364. The molecule has 1 unspecified atom stereocenters. The van der Waals surface area contributed by atoms with Crippen molar-refractivity contribution in [2.75, 3.05) is 19.6 Å². The maximum atomic E-state index is 12.9. The summed E-state index contributed by atoms with van der Waals surface area (Å²) in [4.78, 5) is 20.6. The zero-order chi connectivity index (χ0) is 19.3. The Kier molecular flexibility index (Phi) is 5.88. The van der Waals surface area contributed by atoms with Crippen LogP contribution in [0.1, 0.15) is 46.4 Å². The molecule has 0 aliphatic carbocycles. The number of aryl methyl sites for hydroxylation is 1. The lowest BCUT2D eigenvalue weighted by molar-refractivity contribution is 0.0917. The van der Waals surface area contributed by atoms with Crippen molar-refractivity contribution in [1.29, 1.82) is 0 Å². The average Bonchev–Trinajstić information content (AvgIpc) is 3.40. The first-order valence-electron chi connectivity index (χ1n) is 9.81. The maximum Gasteiger partial charge on any atom is 0.263 e. The third-order valence-corrected chi connectivity index (χ3v) is 6.39. The van der Waals surface area contributed by atoms with Crippen molar-refractivity contribution in [1.82, 2.24) is 15.2 Å². The molecule has 5 nitrogen and oxygen atoms in total. The highest BCUT2D eigenvalue weighted by atomic mass is 32.1. The van der Waals surface area contributed by atoms with Crippen LogP contribution < -0.4 is 5.32 Å². The van der Waals surface area contributed by atoms with Gasteiger partial charge >= 0.3 is 0 Å². The molecule has 1 N–H and O–H groups in total. The standard InChI is InChI=1S/C22H25N3O2S/c1-16-20(28-22(24-16)17-9-4-2-5-10-17)21(26)23-15-18(19-11-8-14-27-19)25-12-6-3-7-13-25/h2,4-5,8-11,14,18H,3,6-7,12-13,15H2,1H3,(H,23,26). The van der Waals surface area contributed by atoms with Crippen molar-refractivity contribution in [3.8, 4) is 10.6 Å². The third kappa shape index (κ3) is 4.18. The molecule has 0 radical (unpaired) electrons. The van der Waals surface area contributed by atoms with E-state index in [2.05, 4.69) is 15.2 Å². The van der Waals surface area contributed by atoms with Crippen LogP contribution in [0.25, 0.3) is 10.6 Å². The number of benzene rings is 1. The average molecular weight is 396 g/mol. The molecule has 1 amide bonds. The van der Waals surface area contributed by atoms with Crippen LogP contribution in [0.2, 0.25) is 0 Å². The Hall–Kier alpha value is -2.44. The Balaban J connectivity index is 1.47. The Morgan fingerprint density at radius 2 is 1.96 bits per heavy atom. The summed E-state index contributed by atoms with van der Waals surface area (Å²) in [5.41, 5.74) is 1.81. The number of nitrogens with one attached hydrogen (secondary N) is 1. The van der Waals surface area contributed by atoms with Gasteiger partial charge in [-0.1, -0.05) is 36.8 Å². The zero-order valence-electron chi connectivity index (χ0n) is 16.1. The lowest BCUT2D eigenvalue weighted by Crippen LogP contribution is -2.40. The highest BCUT2D eigenvalue weighted by Gasteiger charge is 2.26. The van der Waals surface area contributed by atoms with Gasteiger partial charge < -0.3 is 9.73 Å². The molecule has 4 rings (SSSR count). The van der Waals surface area contributed by atoms with E-state index in [1.165, 1.54) is 30.6 Å². The van der Waals surface area contributed by atoms with Gasteiger partial charge in [0.15, 0.2) is 0 Å². The SMILES string of the molecule is Cc1nc(-c2ccccc2)sc1C(=O)NCC(c1ccco1)N1CCCCC1. The van der Waals surface area contributed by atoms with Gasteiger partial charge in [-0.2, -0.15) is 0 Å². The molecule has 0 spiro atoms. The van der Waals surface area contributed by atoms with Crippen molar-refractivity contribution < 1.29 is 9.21 Å². The number of hydrogen-bond acceptors (Lipinski definition) is 5. The summed E-state index contributed by atoms with van der Waals surface area (Å²) in [6.45, 7) is 4.51. The van der Waals surface area contributed by atoms with Crippen molar-refractivity contribution >= 4 is 17.2 Å². The largest absolute Gasteiger partial charge is 0.468 e. The predicted molar refractivity (Wildman–Crippen MR) is 111 cm³/mol. The van der Waals surface area contributed by atoms with E-state index in [0.717, 1.165) is 35.1 Å². The number of furan rings is 1. The first-order chi connectivity index (χ1) is 13.7. The number of carbonyl (C=O) groups is 1. The van der Waals surface area contributed by atoms with Crippen LogP contribution >= 0.6 is 11.3 Å². The first-order valence-corrected chi connectivity index (χ1v) is 10.6. The molecular formula is C22H25N3O2S. The number of amides is 1. The topological polar surface area (TPSA) is 58.4 Å². The summed E-state index contributed by atoms with van der Waals surface area (Å²) in [6.07, 6.45) is 5.36. The van der Waals surface area contributed by atoms with Crippen LogP contribution in [-0.2, 0) is 0 Å². The number of carbonyl (C=O) groups excluding carboxylic acids is 1. The fourth-order valence-corrected chi connectivity index (χ4v) is 4.69. The lowest BCUT2D eigenvalue weighted by Gasteiger charge is -2.33. The summed E-state index contributed by atoms with van der Waals surface area (Å²) >= 11 is 1.45. The Labute approximate surface area is 169 Å². The molecule has 28 heavy (non-hydrogen) atoms. The summed E-state index contributed by atoms with van der Waals surface area (Å²) in [5.74, 6) is 0.846. The fourth-order valence-electron chi connectivity index (χ4n) is 3.70. The summed E-state index contributed by atoms with van der Waals surface area (Å²) in [7, 11) is 0.